The van der Waals surface area contributed by atoms with Crippen molar-refractivity contribution in [1.29, 1.82) is 0 Å². The second kappa shape index (κ2) is 7.14. The summed E-state index contributed by atoms with van der Waals surface area (Å²) in [5, 5.41) is 3.67. The van der Waals surface area contributed by atoms with Gasteiger partial charge in [-0.15, -0.1) is 4.72 Å². The van der Waals surface area contributed by atoms with Crippen LogP contribution in [0.25, 0.3) is 10.4 Å². The fourth-order valence-electron chi connectivity index (χ4n) is 2.61. The van der Waals surface area contributed by atoms with E-state index in [4.69, 9.17) is 10.3 Å². The summed E-state index contributed by atoms with van der Waals surface area (Å²) in [6.07, 6.45) is 0.670. The molecule has 0 radical (unpaired) electrons. The van der Waals surface area contributed by atoms with Crippen LogP contribution in [0.2, 0.25) is 0 Å². The number of fused-ring (bicyclic) bond motifs is 1. The van der Waals surface area contributed by atoms with Gasteiger partial charge >= 0.3 is 0 Å². The van der Waals surface area contributed by atoms with Gasteiger partial charge in [-0.2, -0.15) is 0 Å². The molecule has 0 saturated heterocycles. The fourth-order valence-corrected chi connectivity index (χ4v) is 3.93. The average molecular weight is 415 g/mol. The van der Waals surface area contributed by atoms with Crippen LogP contribution < -0.4 is 9.46 Å². The van der Waals surface area contributed by atoms with Crippen molar-refractivity contribution in [3.63, 3.8) is 0 Å². The molecule has 0 aliphatic carbocycles. The molecule has 0 bridgehead atoms. The van der Waals surface area contributed by atoms with Crippen LogP contribution in [0.4, 0.5) is 0 Å². The van der Waals surface area contributed by atoms with E-state index in [-0.39, 0.29) is 17.3 Å². The van der Waals surface area contributed by atoms with Gasteiger partial charge in [0.25, 0.3) is 0 Å². The van der Waals surface area contributed by atoms with Gasteiger partial charge in [0, 0.05) is 32.7 Å². The molecule has 1 aliphatic heterocycles. The minimum Gasteiger partial charge on any atom is -0.598 e. The van der Waals surface area contributed by atoms with Crippen molar-refractivity contribution >= 4 is 27.3 Å². The van der Waals surface area contributed by atoms with E-state index in [1.807, 2.05) is 46.8 Å². The van der Waals surface area contributed by atoms with E-state index < -0.39 is 17.0 Å². The number of rotatable bonds is 5. The molecule has 24 heavy (non-hydrogen) atoms. The first-order valence-electron chi connectivity index (χ1n) is 7.76. The Morgan fingerprint density at radius 3 is 2.79 bits per heavy atom. The quantitative estimate of drug-likeness (QED) is 0.331. The van der Waals surface area contributed by atoms with E-state index in [0.29, 0.717) is 6.42 Å². The highest BCUT2D eigenvalue weighted by atomic mass is 79.9. The third-order valence-corrected chi connectivity index (χ3v) is 5.98. The Hall–Kier alpha value is -0.920. The van der Waals surface area contributed by atoms with E-state index in [1.54, 1.807) is 0 Å². The van der Waals surface area contributed by atoms with Crippen molar-refractivity contribution in [2.24, 2.45) is 5.11 Å². The van der Waals surface area contributed by atoms with E-state index >= 15 is 0 Å². The summed E-state index contributed by atoms with van der Waals surface area (Å²) in [4.78, 5) is 2.83. The Balaban J connectivity index is 2.30. The number of benzene rings is 1. The number of halogens is 1. The number of nitrogens with zero attached hydrogens (tertiary/aromatic N) is 3. The largest absolute Gasteiger partial charge is 0.598 e. The van der Waals surface area contributed by atoms with Gasteiger partial charge in [0.15, 0.2) is 0 Å². The Morgan fingerprint density at radius 2 is 2.21 bits per heavy atom. The zero-order chi connectivity index (χ0) is 18.1. The van der Waals surface area contributed by atoms with Gasteiger partial charge in [0.2, 0.25) is 0 Å². The standard InChI is InChI=1S/C16H23BrN4O2S/c1-10(20-24(22)15(2,3)4)13-7-12(17)6-11-8-16(5,9-19-21-18)23-14(11)13/h6-7,10,20H,8-9H2,1-5H3/t10-,16?,24?/m1/s1. The number of ether oxygens (including phenoxy) is 1. The van der Waals surface area contributed by atoms with Crippen molar-refractivity contribution in [3.8, 4) is 5.75 Å². The first-order valence-corrected chi connectivity index (χ1v) is 9.70. The van der Waals surface area contributed by atoms with Gasteiger partial charge in [0.1, 0.15) is 16.1 Å². The molecule has 0 spiro atoms. The molecule has 2 rings (SSSR count). The summed E-state index contributed by atoms with van der Waals surface area (Å²) in [6.45, 7) is 9.97. The van der Waals surface area contributed by atoms with Crippen LogP contribution in [0.15, 0.2) is 21.7 Å². The predicted octanol–water partition coefficient (Wildman–Crippen LogP) is 4.57. The second-order valence-corrected chi connectivity index (χ2v) is 10.2. The molecular formula is C16H23BrN4O2S. The van der Waals surface area contributed by atoms with Gasteiger partial charge in [-0.05, 0) is 57.8 Å². The third kappa shape index (κ3) is 4.37. The van der Waals surface area contributed by atoms with Gasteiger partial charge in [0.05, 0.1) is 12.6 Å². The highest BCUT2D eigenvalue weighted by molar-refractivity contribution is 9.10. The molecule has 8 heteroatoms. The molecule has 1 aromatic carbocycles. The molecule has 2 unspecified atom stereocenters. The molecule has 1 N–H and O–H groups in total. The van der Waals surface area contributed by atoms with E-state index in [2.05, 4.69) is 30.7 Å². The lowest BCUT2D eigenvalue weighted by Crippen LogP contribution is -2.40. The maximum Gasteiger partial charge on any atom is 0.136 e. The maximum absolute atomic E-state index is 12.4. The Bertz CT molecular complexity index is 673. The smallest absolute Gasteiger partial charge is 0.136 e. The predicted molar refractivity (Wildman–Crippen MR) is 100 cm³/mol. The molecule has 6 nitrogen and oxygen atoms in total. The van der Waals surface area contributed by atoms with Crippen molar-refractivity contribution in [2.75, 3.05) is 6.54 Å². The van der Waals surface area contributed by atoms with Crippen molar-refractivity contribution < 1.29 is 9.29 Å². The number of azide groups is 1. The van der Waals surface area contributed by atoms with E-state index in [1.165, 1.54) is 0 Å². The average Bonchev–Trinajstić information content (AvgIpc) is 2.79. The zero-order valence-electron chi connectivity index (χ0n) is 14.6. The highest BCUT2D eigenvalue weighted by Crippen LogP contribution is 2.42. The van der Waals surface area contributed by atoms with Crippen LogP contribution in [0, 0.1) is 0 Å². The van der Waals surface area contributed by atoms with Crippen molar-refractivity contribution in [3.05, 3.63) is 38.2 Å². The molecule has 0 aromatic heterocycles. The van der Waals surface area contributed by atoms with Gasteiger partial charge in [-0.3, -0.25) is 0 Å². The van der Waals surface area contributed by atoms with Gasteiger partial charge < -0.3 is 9.29 Å². The second-order valence-electron chi connectivity index (χ2n) is 7.32. The lowest BCUT2D eigenvalue weighted by Gasteiger charge is -2.28. The SMILES string of the molecule is C[C@@H](N[S+]([O-])C(C)(C)C)c1cc(Br)cc2c1OC(C)(CN=[N+]=[N-])C2. The molecule has 1 aliphatic rings. The summed E-state index contributed by atoms with van der Waals surface area (Å²) in [7, 11) is 0. The molecular weight excluding hydrogens is 392 g/mol. The summed E-state index contributed by atoms with van der Waals surface area (Å²) in [5.74, 6) is 0.791. The zero-order valence-corrected chi connectivity index (χ0v) is 17.0. The van der Waals surface area contributed by atoms with Gasteiger partial charge in [-0.25, -0.2) is 0 Å². The molecule has 1 aromatic rings. The van der Waals surface area contributed by atoms with Crippen molar-refractivity contribution in [2.45, 2.75) is 57.4 Å². The molecule has 0 amide bonds. The van der Waals surface area contributed by atoms with Crippen LogP contribution in [0.5, 0.6) is 5.75 Å². The molecule has 3 atom stereocenters. The first kappa shape index (κ1) is 19.4. The van der Waals surface area contributed by atoms with Crippen LogP contribution in [-0.4, -0.2) is 21.4 Å². The minimum absolute atomic E-state index is 0.141. The molecule has 132 valence electrons. The van der Waals surface area contributed by atoms with Crippen LogP contribution in [-0.2, 0) is 17.8 Å². The van der Waals surface area contributed by atoms with Crippen LogP contribution in [0.3, 0.4) is 0 Å². The highest BCUT2D eigenvalue weighted by Gasteiger charge is 2.38. The number of hydrogen-bond donors (Lipinski definition) is 1. The molecule has 0 fully saturated rings. The van der Waals surface area contributed by atoms with E-state index in [9.17, 15) is 4.55 Å². The van der Waals surface area contributed by atoms with Gasteiger partial charge in [-0.1, -0.05) is 21.0 Å². The Morgan fingerprint density at radius 1 is 1.54 bits per heavy atom. The third-order valence-electron chi connectivity index (χ3n) is 3.85. The van der Waals surface area contributed by atoms with Crippen LogP contribution >= 0.6 is 15.9 Å². The topological polar surface area (TPSA) is 93.1 Å². The summed E-state index contributed by atoms with van der Waals surface area (Å²) >= 11 is 2.36. The summed E-state index contributed by atoms with van der Waals surface area (Å²) in [5.41, 5.74) is 10.0. The lowest BCUT2D eigenvalue weighted by molar-refractivity contribution is 0.124. The maximum atomic E-state index is 12.4. The molecule has 1 heterocycles. The lowest BCUT2D eigenvalue weighted by atomic mass is 9.97. The first-order chi connectivity index (χ1) is 11.1. The monoisotopic (exact) mass is 414 g/mol. The molecule has 0 saturated carbocycles. The minimum atomic E-state index is -1.18. The summed E-state index contributed by atoms with van der Waals surface area (Å²) < 4.78 is 22.3. The number of hydrogen-bond acceptors (Lipinski definition) is 4. The Labute approximate surface area is 154 Å². The van der Waals surface area contributed by atoms with E-state index in [0.717, 1.165) is 21.3 Å². The summed E-state index contributed by atoms with van der Waals surface area (Å²) in [6, 6.07) is 3.86. The van der Waals surface area contributed by atoms with Crippen molar-refractivity contribution in [1.82, 2.24) is 4.72 Å². The fraction of sp³-hybridized carbons (Fsp3) is 0.625. The normalized spacial score (nSPS) is 22.3. The number of nitrogens with one attached hydrogen (secondary N) is 1. The Kier molecular flexibility index (Phi) is 5.77. The van der Waals surface area contributed by atoms with Crippen LogP contribution in [0.1, 0.15) is 51.8 Å².